The molecule has 25 heavy (non-hydrogen) atoms. The molecule has 2 aromatic rings. The van der Waals surface area contributed by atoms with Crippen molar-refractivity contribution in [2.75, 3.05) is 30.9 Å². The summed E-state index contributed by atoms with van der Waals surface area (Å²) in [5.74, 6) is -2.84. The number of anilines is 1. The summed E-state index contributed by atoms with van der Waals surface area (Å²) in [7, 11) is 0. The second-order valence-electron chi connectivity index (χ2n) is 5.57. The van der Waals surface area contributed by atoms with Crippen molar-refractivity contribution in [2.45, 2.75) is 18.9 Å². The van der Waals surface area contributed by atoms with Crippen LogP contribution in [0.5, 0.6) is 0 Å². The second-order valence-corrected chi connectivity index (χ2v) is 5.57. The molecule has 0 amide bonds. The maximum absolute atomic E-state index is 15.2. The van der Waals surface area contributed by atoms with Crippen molar-refractivity contribution in [2.24, 2.45) is 0 Å². The Morgan fingerprint density at radius 3 is 2.60 bits per heavy atom. The average Bonchev–Trinajstić information content (AvgIpc) is 3.45. The molecule has 1 saturated carbocycles. The van der Waals surface area contributed by atoms with Gasteiger partial charge in [-0.2, -0.15) is 0 Å². The van der Waals surface area contributed by atoms with Crippen molar-refractivity contribution in [3.63, 3.8) is 0 Å². The minimum atomic E-state index is -3.26. The van der Waals surface area contributed by atoms with Gasteiger partial charge in [0.05, 0.1) is 16.7 Å². The first-order valence-electron chi connectivity index (χ1n) is 11.2. The molecule has 8 heteroatoms. The number of hydrogen-bond donors (Lipinski definition) is 2. The van der Waals surface area contributed by atoms with Crippen LogP contribution < -0.4 is 15.6 Å². The average molecular weight is 376 g/mol. The Labute approximate surface area is 160 Å². The van der Waals surface area contributed by atoms with Gasteiger partial charge in [0.25, 0.3) is 0 Å². The summed E-state index contributed by atoms with van der Waals surface area (Å²) in [6.07, 6.45) is 2.38. The summed E-state index contributed by atoms with van der Waals surface area (Å²) < 4.78 is 80.9. The second kappa shape index (κ2) is 6.65. The highest BCUT2D eigenvalue weighted by Crippen LogP contribution is 2.38. The number of pyridine rings is 1. The van der Waals surface area contributed by atoms with Crippen molar-refractivity contribution < 1.29 is 25.3 Å². The number of carboxylic acids is 1. The lowest BCUT2D eigenvalue weighted by atomic mass is 10.1. The molecule has 0 bridgehead atoms. The van der Waals surface area contributed by atoms with Gasteiger partial charge in [-0.3, -0.25) is 4.79 Å². The highest BCUT2D eigenvalue weighted by molar-refractivity contribution is 5.93. The summed E-state index contributed by atoms with van der Waals surface area (Å²) in [6, 6.07) is 1.38. The lowest BCUT2D eigenvalue weighted by Crippen LogP contribution is -2.43. The van der Waals surface area contributed by atoms with E-state index in [9.17, 15) is 14.7 Å². The Hall–Kier alpha value is -2.12. The standard InChI is InChI=1S/C17H18FN3O3.ClH/c18-13-7-11-14(8-15(13)20-5-3-19-4-6-20)21(10-1-2-10)9-12(16(11)22)17(23)24;/h7-10,19H,1-6H2,(H,23,24);1H/i3D2,4D2,5D2,6D2;. The molecule has 0 unspecified atom stereocenters. The molecule has 0 atom stereocenters. The van der Waals surface area contributed by atoms with Gasteiger partial charge in [-0.25, -0.2) is 9.18 Å². The van der Waals surface area contributed by atoms with Crippen LogP contribution in [0.25, 0.3) is 10.9 Å². The van der Waals surface area contributed by atoms with Crippen molar-refractivity contribution in [1.82, 2.24) is 9.88 Å². The van der Waals surface area contributed by atoms with E-state index in [1.807, 2.05) is 0 Å². The van der Waals surface area contributed by atoms with Gasteiger partial charge >= 0.3 is 5.97 Å². The zero-order chi connectivity index (χ0) is 24.0. The zero-order valence-corrected chi connectivity index (χ0v) is 13.5. The largest absolute Gasteiger partial charge is 0.477 e. The number of carboxylic acid groups (broad SMARTS) is 1. The molecule has 2 fully saturated rings. The van der Waals surface area contributed by atoms with Crippen LogP contribution in [0.2, 0.25) is 0 Å². The number of fused-ring (bicyclic) bond motifs is 1. The molecule has 2 N–H and O–H groups in total. The Morgan fingerprint density at radius 2 is 2.00 bits per heavy atom. The number of benzene rings is 1. The molecule has 134 valence electrons. The minimum Gasteiger partial charge on any atom is -0.477 e. The summed E-state index contributed by atoms with van der Waals surface area (Å²) in [5, 5.41) is 10.7. The maximum atomic E-state index is 15.2. The van der Waals surface area contributed by atoms with Gasteiger partial charge < -0.3 is 19.9 Å². The molecule has 1 saturated heterocycles. The fourth-order valence-corrected chi connectivity index (χ4v) is 2.68. The molecule has 1 aromatic heterocycles. The van der Waals surface area contributed by atoms with E-state index in [2.05, 4.69) is 0 Å². The number of aromatic nitrogens is 1. The molecule has 0 spiro atoms. The Bertz CT molecular complexity index is 1190. The first kappa shape index (κ1) is 10.1. The first-order chi connectivity index (χ1) is 14.5. The van der Waals surface area contributed by atoms with E-state index in [-0.39, 0.29) is 34.3 Å². The molecular weight excluding hydrogens is 349 g/mol. The summed E-state index contributed by atoms with van der Waals surface area (Å²) in [5.41, 5.74) is -2.37. The molecule has 6 nitrogen and oxygen atoms in total. The van der Waals surface area contributed by atoms with Gasteiger partial charge in [0.15, 0.2) is 0 Å². The molecule has 1 aromatic carbocycles. The van der Waals surface area contributed by atoms with E-state index in [1.54, 1.807) is 5.32 Å². The number of rotatable bonds is 3. The minimum absolute atomic E-state index is 0. The molecular formula is C17H19ClFN3O3. The third-order valence-electron chi connectivity index (χ3n) is 3.97. The van der Waals surface area contributed by atoms with Crippen molar-refractivity contribution in [1.29, 1.82) is 0 Å². The van der Waals surface area contributed by atoms with Crippen molar-refractivity contribution in [3.8, 4) is 0 Å². The van der Waals surface area contributed by atoms with E-state index in [4.69, 9.17) is 11.0 Å². The quantitative estimate of drug-likeness (QED) is 0.858. The third-order valence-corrected chi connectivity index (χ3v) is 3.97. The van der Waals surface area contributed by atoms with E-state index >= 15 is 4.39 Å². The van der Waals surface area contributed by atoms with Gasteiger partial charge in [0.2, 0.25) is 5.43 Å². The smallest absolute Gasteiger partial charge is 0.341 e. The lowest BCUT2D eigenvalue weighted by Gasteiger charge is -2.30. The predicted molar refractivity (Wildman–Crippen MR) is 95.7 cm³/mol. The van der Waals surface area contributed by atoms with E-state index in [0.717, 1.165) is 12.3 Å². The number of halogens is 2. The lowest BCUT2D eigenvalue weighted by molar-refractivity contribution is 0.0695. The highest BCUT2D eigenvalue weighted by Gasteiger charge is 2.28. The molecule has 0 radical (unpaired) electrons. The Kier molecular flexibility index (Phi) is 2.69. The summed E-state index contributed by atoms with van der Waals surface area (Å²) in [6.45, 7) is -12.8. The fraction of sp³-hybridized carbons (Fsp3) is 0.412. The van der Waals surface area contributed by atoms with Gasteiger partial charge in [0, 0.05) is 49.1 Å². The maximum Gasteiger partial charge on any atom is 0.341 e. The van der Waals surface area contributed by atoms with Crippen LogP contribution >= 0.6 is 12.4 Å². The third kappa shape index (κ3) is 3.09. The summed E-state index contributed by atoms with van der Waals surface area (Å²) in [4.78, 5) is 24.1. The highest BCUT2D eigenvalue weighted by atomic mass is 35.5. The summed E-state index contributed by atoms with van der Waals surface area (Å²) >= 11 is 0. The Balaban J connectivity index is 0.00000306. The number of aromatic carboxylic acids is 1. The monoisotopic (exact) mass is 375 g/mol. The first-order valence-corrected chi connectivity index (χ1v) is 7.24. The van der Waals surface area contributed by atoms with E-state index < -0.39 is 54.5 Å². The fourth-order valence-electron chi connectivity index (χ4n) is 2.68. The van der Waals surface area contributed by atoms with Crippen LogP contribution in [0.4, 0.5) is 10.1 Å². The van der Waals surface area contributed by atoms with Gasteiger partial charge in [0.1, 0.15) is 11.4 Å². The van der Waals surface area contributed by atoms with Crippen LogP contribution in [0.15, 0.2) is 23.1 Å². The van der Waals surface area contributed by atoms with Crippen LogP contribution in [-0.4, -0.2) is 41.6 Å². The number of nitrogens with one attached hydrogen (secondary N) is 1. The zero-order valence-electron chi connectivity index (χ0n) is 20.7. The molecule has 1 aliphatic carbocycles. The topological polar surface area (TPSA) is 74.6 Å². The van der Waals surface area contributed by atoms with Crippen LogP contribution in [0.1, 0.15) is 40.2 Å². The van der Waals surface area contributed by atoms with Gasteiger partial charge in [-0.15, -0.1) is 12.4 Å². The molecule has 4 rings (SSSR count). The van der Waals surface area contributed by atoms with Crippen molar-refractivity contribution >= 4 is 35.0 Å². The Morgan fingerprint density at radius 1 is 1.32 bits per heavy atom. The SMILES string of the molecule is Cl.[2H]C1([2H])NC([2H])([2H])C([2H])([2H])N(c2cc3c(cc2F)c(=O)c(C(=O)O)cn3C2CC2)C1([2H])[2H]. The van der Waals surface area contributed by atoms with E-state index in [0.29, 0.717) is 18.9 Å². The van der Waals surface area contributed by atoms with E-state index in [1.165, 1.54) is 4.57 Å². The molecule has 2 heterocycles. The molecule has 1 aliphatic heterocycles. The van der Waals surface area contributed by atoms with Gasteiger partial charge in [-0.05, 0) is 25.0 Å². The number of hydrogen-bond acceptors (Lipinski definition) is 4. The number of nitrogens with zero attached hydrogens (tertiary/aromatic N) is 2. The predicted octanol–water partition coefficient (Wildman–Crippen LogP) is 2.01. The van der Waals surface area contributed by atoms with Crippen LogP contribution in [-0.2, 0) is 0 Å². The van der Waals surface area contributed by atoms with Crippen LogP contribution in [0, 0.1) is 5.82 Å². The van der Waals surface area contributed by atoms with Crippen LogP contribution in [0.3, 0.4) is 0 Å². The normalized spacial score (nSPS) is 30.2. The van der Waals surface area contributed by atoms with Crippen molar-refractivity contribution in [3.05, 3.63) is 39.9 Å². The number of carbonyl (C=O) groups is 1. The molecule has 2 aliphatic rings. The number of piperazine rings is 1. The van der Waals surface area contributed by atoms with Gasteiger partial charge in [-0.1, -0.05) is 0 Å².